The van der Waals surface area contributed by atoms with Gasteiger partial charge in [0.1, 0.15) is 6.04 Å². The van der Waals surface area contributed by atoms with Crippen molar-refractivity contribution in [2.75, 3.05) is 23.9 Å². The normalized spacial score (nSPS) is 15.9. The van der Waals surface area contributed by atoms with Crippen molar-refractivity contribution in [3.05, 3.63) is 71.9 Å². The predicted molar refractivity (Wildman–Crippen MR) is 125 cm³/mol. The van der Waals surface area contributed by atoms with Crippen molar-refractivity contribution in [2.24, 2.45) is 0 Å². The number of rotatable bonds is 5. The summed E-state index contributed by atoms with van der Waals surface area (Å²) in [5.74, 6) is 0.421. The van der Waals surface area contributed by atoms with Crippen molar-refractivity contribution in [1.82, 2.24) is 10.3 Å². The summed E-state index contributed by atoms with van der Waals surface area (Å²) in [6, 6.07) is 17.3. The first-order valence-electron chi connectivity index (χ1n) is 10.3. The standard InChI is InChI=1S/C24H23ClN4O3/c1-32-22-15-17(12-13-26-22)16-4-10-20(11-5-16)29-14-2-3-21(23(29)30)28-24(31)27-19-8-6-18(25)7-9-19/h4-13,15,21H,2-3,14H2,1H3,(H2,27,28,31)/t21-/m1/s1. The van der Waals surface area contributed by atoms with Crippen LogP contribution in [0.4, 0.5) is 16.2 Å². The number of anilines is 2. The van der Waals surface area contributed by atoms with Crippen LogP contribution in [0.3, 0.4) is 0 Å². The van der Waals surface area contributed by atoms with E-state index in [1.807, 2.05) is 36.4 Å². The summed E-state index contributed by atoms with van der Waals surface area (Å²) in [6.45, 7) is 0.609. The van der Waals surface area contributed by atoms with Gasteiger partial charge in [0.25, 0.3) is 0 Å². The van der Waals surface area contributed by atoms with Gasteiger partial charge in [0.2, 0.25) is 11.8 Å². The van der Waals surface area contributed by atoms with Crippen LogP contribution in [-0.4, -0.2) is 36.6 Å². The number of hydrogen-bond donors (Lipinski definition) is 2. The number of ether oxygens (including phenoxy) is 1. The lowest BCUT2D eigenvalue weighted by Crippen LogP contribution is -2.53. The van der Waals surface area contributed by atoms with E-state index in [1.165, 1.54) is 0 Å². The topological polar surface area (TPSA) is 83.6 Å². The number of amides is 3. The van der Waals surface area contributed by atoms with E-state index in [0.717, 1.165) is 23.2 Å². The first-order chi connectivity index (χ1) is 15.5. The third kappa shape index (κ3) is 5.00. The van der Waals surface area contributed by atoms with Gasteiger partial charge >= 0.3 is 6.03 Å². The second-order valence-corrected chi connectivity index (χ2v) is 7.86. The lowest BCUT2D eigenvalue weighted by molar-refractivity contribution is -0.121. The fraction of sp³-hybridized carbons (Fsp3) is 0.208. The van der Waals surface area contributed by atoms with E-state index in [4.69, 9.17) is 16.3 Å². The van der Waals surface area contributed by atoms with Gasteiger partial charge < -0.3 is 20.3 Å². The van der Waals surface area contributed by atoms with Gasteiger partial charge in [-0.1, -0.05) is 23.7 Å². The van der Waals surface area contributed by atoms with Crippen LogP contribution in [0.1, 0.15) is 12.8 Å². The zero-order valence-electron chi connectivity index (χ0n) is 17.5. The van der Waals surface area contributed by atoms with Crippen LogP contribution in [0.25, 0.3) is 11.1 Å². The lowest BCUT2D eigenvalue weighted by atomic mass is 10.0. The molecule has 2 heterocycles. The van der Waals surface area contributed by atoms with E-state index in [-0.39, 0.29) is 5.91 Å². The molecule has 7 nitrogen and oxygen atoms in total. The molecule has 0 spiro atoms. The zero-order chi connectivity index (χ0) is 22.5. The molecule has 0 unspecified atom stereocenters. The molecule has 8 heteroatoms. The Morgan fingerprint density at radius 3 is 2.56 bits per heavy atom. The summed E-state index contributed by atoms with van der Waals surface area (Å²) in [7, 11) is 1.58. The van der Waals surface area contributed by atoms with Crippen LogP contribution in [0, 0.1) is 0 Å². The molecule has 1 aromatic heterocycles. The Bertz CT molecular complexity index is 1100. The minimum absolute atomic E-state index is 0.124. The molecule has 0 saturated carbocycles. The Balaban J connectivity index is 1.42. The number of halogens is 1. The predicted octanol–water partition coefficient (Wildman–Crippen LogP) is 4.73. The van der Waals surface area contributed by atoms with Crippen LogP contribution >= 0.6 is 11.6 Å². The summed E-state index contributed by atoms with van der Waals surface area (Å²) >= 11 is 5.87. The Morgan fingerprint density at radius 1 is 1.09 bits per heavy atom. The van der Waals surface area contributed by atoms with Crippen molar-refractivity contribution < 1.29 is 14.3 Å². The highest BCUT2D eigenvalue weighted by atomic mass is 35.5. The SMILES string of the molecule is COc1cc(-c2ccc(N3CCC[C@@H](NC(=O)Nc4ccc(Cl)cc4)C3=O)cc2)ccn1. The number of hydrogen-bond acceptors (Lipinski definition) is 4. The molecular weight excluding hydrogens is 428 g/mol. The molecule has 32 heavy (non-hydrogen) atoms. The smallest absolute Gasteiger partial charge is 0.319 e. The number of carbonyl (C=O) groups is 2. The lowest BCUT2D eigenvalue weighted by Gasteiger charge is -2.32. The first-order valence-corrected chi connectivity index (χ1v) is 10.7. The number of pyridine rings is 1. The highest BCUT2D eigenvalue weighted by Crippen LogP contribution is 2.27. The van der Waals surface area contributed by atoms with Crippen LogP contribution in [0.15, 0.2) is 66.9 Å². The minimum atomic E-state index is -0.583. The highest BCUT2D eigenvalue weighted by molar-refractivity contribution is 6.30. The van der Waals surface area contributed by atoms with E-state index >= 15 is 0 Å². The monoisotopic (exact) mass is 450 g/mol. The third-order valence-corrected chi connectivity index (χ3v) is 5.55. The molecule has 3 amide bonds. The molecule has 0 aliphatic carbocycles. The van der Waals surface area contributed by atoms with Crippen molar-refractivity contribution in [2.45, 2.75) is 18.9 Å². The third-order valence-electron chi connectivity index (χ3n) is 5.30. The van der Waals surface area contributed by atoms with E-state index in [1.54, 1.807) is 42.5 Å². The van der Waals surface area contributed by atoms with Gasteiger partial charge in [0, 0.05) is 35.2 Å². The van der Waals surface area contributed by atoms with Gasteiger partial charge in [-0.05, 0) is 66.4 Å². The molecule has 0 bridgehead atoms. The maximum absolute atomic E-state index is 13.0. The number of nitrogens with zero attached hydrogens (tertiary/aromatic N) is 2. The Labute approximate surface area is 191 Å². The van der Waals surface area contributed by atoms with E-state index in [0.29, 0.717) is 29.6 Å². The van der Waals surface area contributed by atoms with Gasteiger partial charge in [-0.2, -0.15) is 0 Å². The highest BCUT2D eigenvalue weighted by Gasteiger charge is 2.30. The molecule has 164 valence electrons. The van der Waals surface area contributed by atoms with Gasteiger partial charge in [-0.3, -0.25) is 4.79 Å². The maximum Gasteiger partial charge on any atom is 0.319 e. The molecule has 2 aromatic carbocycles. The van der Waals surface area contributed by atoms with Gasteiger partial charge in [0.15, 0.2) is 0 Å². The molecule has 1 saturated heterocycles. The fourth-order valence-electron chi connectivity index (χ4n) is 3.66. The Morgan fingerprint density at radius 2 is 1.84 bits per heavy atom. The largest absolute Gasteiger partial charge is 0.481 e. The molecule has 2 N–H and O–H groups in total. The van der Waals surface area contributed by atoms with E-state index < -0.39 is 12.1 Å². The maximum atomic E-state index is 13.0. The summed E-state index contributed by atoms with van der Waals surface area (Å²) in [6.07, 6.45) is 3.08. The molecule has 1 aliphatic heterocycles. The number of benzene rings is 2. The molecule has 1 atom stereocenters. The molecule has 1 fully saturated rings. The molecule has 4 rings (SSSR count). The second kappa shape index (κ2) is 9.70. The minimum Gasteiger partial charge on any atom is -0.481 e. The number of piperidine rings is 1. The van der Waals surface area contributed by atoms with Gasteiger partial charge in [-0.15, -0.1) is 0 Å². The van der Waals surface area contributed by atoms with Gasteiger partial charge in [0.05, 0.1) is 7.11 Å². The number of aromatic nitrogens is 1. The number of methoxy groups -OCH3 is 1. The number of urea groups is 1. The van der Waals surface area contributed by atoms with Crippen molar-refractivity contribution in [3.8, 4) is 17.0 Å². The molecular formula is C24H23ClN4O3. The Hall–Kier alpha value is -3.58. The summed E-state index contributed by atoms with van der Waals surface area (Å²) in [5.41, 5.74) is 3.38. The van der Waals surface area contributed by atoms with E-state index in [2.05, 4.69) is 15.6 Å². The summed E-state index contributed by atoms with van der Waals surface area (Å²) in [4.78, 5) is 31.2. The van der Waals surface area contributed by atoms with Crippen LogP contribution in [0.2, 0.25) is 5.02 Å². The van der Waals surface area contributed by atoms with Gasteiger partial charge in [-0.25, -0.2) is 9.78 Å². The molecule has 3 aromatic rings. The summed E-state index contributed by atoms with van der Waals surface area (Å²) < 4.78 is 5.19. The van der Waals surface area contributed by atoms with Crippen molar-refractivity contribution in [3.63, 3.8) is 0 Å². The molecule has 1 aliphatic rings. The molecule has 0 radical (unpaired) electrons. The average Bonchev–Trinajstić information content (AvgIpc) is 2.82. The van der Waals surface area contributed by atoms with Crippen LogP contribution in [-0.2, 0) is 4.79 Å². The first kappa shape index (κ1) is 21.6. The number of carbonyl (C=O) groups excluding carboxylic acids is 2. The Kier molecular flexibility index (Phi) is 6.56. The van der Waals surface area contributed by atoms with Crippen molar-refractivity contribution in [1.29, 1.82) is 0 Å². The average molecular weight is 451 g/mol. The quantitative estimate of drug-likeness (QED) is 0.588. The fourth-order valence-corrected chi connectivity index (χ4v) is 3.78. The summed E-state index contributed by atoms with van der Waals surface area (Å²) in [5, 5.41) is 6.10. The second-order valence-electron chi connectivity index (χ2n) is 7.42. The number of nitrogens with one attached hydrogen (secondary N) is 2. The van der Waals surface area contributed by atoms with Crippen molar-refractivity contribution >= 4 is 34.9 Å². The van der Waals surface area contributed by atoms with E-state index in [9.17, 15) is 9.59 Å². The zero-order valence-corrected chi connectivity index (χ0v) is 18.3. The van der Waals surface area contributed by atoms with Crippen LogP contribution < -0.4 is 20.3 Å². The van der Waals surface area contributed by atoms with Crippen LogP contribution in [0.5, 0.6) is 5.88 Å².